The van der Waals surface area contributed by atoms with Crippen molar-refractivity contribution in [2.45, 2.75) is 25.1 Å². The first-order valence-electron chi connectivity index (χ1n) is 9.59. The number of anilines is 1. The Balaban J connectivity index is 1.50. The SMILES string of the molecule is Cc1ccc(NC(=O)CC2SC(=Nc3ccccc3)N(Cc3ccco3)C2=O)cc1. The van der Waals surface area contributed by atoms with Crippen LogP contribution in [0.5, 0.6) is 0 Å². The van der Waals surface area contributed by atoms with Crippen LogP contribution in [-0.4, -0.2) is 27.1 Å². The Bertz CT molecular complexity index is 1050. The van der Waals surface area contributed by atoms with Gasteiger partial charge in [0.15, 0.2) is 5.17 Å². The van der Waals surface area contributed by atoms with Gasteiger partial charge in [-0.3, -0.25) is 14.5 Å². The van der Waals surface area contributed by atoms with Crippen LogP contribution in [0.15, 0.2) is 82.4 Å². The largest absolute Gasteiger partial charge is 0.467 e. The number of aryl methyl sites for hydroxylation is 1. The highest BCUT2D eigenvalue weighted by atomic mass is 32.2. The van der Waals surface area contributed by atoms with Gasteiger partial charge in [0, 0.05) is 12.1 Å². The van der Waals surface area contributed by atoms with E-state index in [0.29, 0.717) is 16.6 Å². The van der Waals surface area contributed by atoms with Crippen LogP contribution < -0.4 is 5.32 Å². The molecule has 2 heterocycles. The zero-order chi connectivity index (χ0) is 20.9. The molecule has 0 spiro atoms. The molecular weight excluding hydrogens is 398 g/mol. The summed E-state index contributed by atoms with van der Waals surface area (Å²) < 4.78 is 5.41. The number of carbonyl (C=O) groups excluding carboxylic acids is 2. The van der Waals surface area contributed by atoms with Gasteiger partial charge in [0.05, 0.1) is 18.5 Å². The van der Waals surface area contributed by atoms with Gasteiger partial charge in [-0.15, -0.1) is 0 Å². The fourth-order valence-electron chi connectivity index (χ4n) is 3.06. The van der Waals surface area contributed by atoms with Crippen molar-refractivity contribution in [3.05, 3.63) is 84.3 Å². The summed E-state index contributed by atoms with van der Waals surface area (Å²) in [6.45, 7) is 2.27. The molecular formula is C23H21N3O3S. The Kier molecular flexibility index (Phi) is 5.99. The van der Waals surface area contributed by atoms with Crippen molar-refractivity contribution in [3.8, 4) is 0 Å². The van der Waals surface area contributed by atoms with Crippen molar-refractivity contribution in [2.75, 3.05) is 5.32 Å². The topological polar surface area (TPSA) is 74.9 Å². The van der Waals surface area contributed by atoms with Crippen LogP contribution >= 0.6 is 11.8 Å². The summed E-state index contributed by atoms with van der Waals surface area (Å²) in [4.78, 5) is 31.8. The summed E-state index contributed by atoms with van der Waals surface area (Å²) in [6.07, 6.45) is 1.64. The molecule has 1 aliphatic heterocycles. The molecule has 1 N–H and O–H groups in total. The average Bonchev–Trinajstić information content (AvgIpc) is 3.35. The number of rotatable bonds is 6. The number of amides is 2. The third-order valence-corrected chi connectivity index (χ3v) is 5.78. The molecule has 7 heteroatoms. The highest BCUT2D eigenvalue weighted by Crippen LogP contribution is 2.33. The third-order valence-electron chi connectivity index (χ3n) is 4.60. The Labute approximate surface area is 179 Å². The molecule has 1 unspecified atom stereocenters. The van der Waals surface area contributed by atoms with Gasteiger partial charge in [0.25, 0.3) is 0 Å². The fourth-order valence-corrected chi connectivity index (χ4v) is 4.22. The van der Waals surface area contributed by atoms with E-state index in [9.17, 15) is 9.59 Å². The molecule has 2 amide bonds. The Hall–Kier alpha value is -3.32. The smallest absolute Gasteiger partial charge is 0.243 e. The maximum absolute atomic E-state index is 13.1. The molecule has 0 bridgehead atoms. The van der Waals surface area contributed by atoms with E-state index in [1.807, 2.05) is 67.6 Å². The predicted molar refractivity (Wildman–Crippen MR) is 119 cm³/mol. The minimum Gasteiger partial charge on any atom is -0.467 e. The molecule has 0 saturated carbocycles. The summed E-state index contributed by atoms with van der Waals surface area (Å²) in [5.74, 6) is 0.309. The molecule has 152 valence electrons. The van der Waals surface area contributed by atoms with Crippen molar-refractivity contribution in [1.82, 2.24) is 4.90 Å². The average molecular weight is 420 g/mol. The lowest BCUT2D eigenvalue weighted by Crippen LogP contribution is -2.33. The molecule has 1 fully saturated rings. The number of nitrogens with one attached hydrogen (secondary N) is 1. The number of nitrogens with zero attached hydrogens (tertiary/aromatic N) is 2. The second kappa shape index (κ2) is 9.00. The minimum atomic E-state index is -0.534. The maximum Gasteiger partial charge on any atom is 0.243 e. The number of thioether (sulfide) groups is 1. The predicted octanol–water partition coefficient (Wildman–Crippen LogP) is 4.75. The molecule has 0 radical (unpaired) electrons. The van der Waals surface area contributed by atoms with Gasteiger partial charge in [-0.25, -0.2) is 4.99 Å². The van der Waals surface area contributed by atoms with E-state index in [2.05, 4.69) is 10.3 Å². The number of benzene rings is 2. The number of furan rings is 1. The van der Waals surface area contributed by atoms with Crippen molar-refractivity contribution in [3.63, 3.8) is 0 Å². The number of carbonyl (C=O) groups is 2. The van der Waals surface area contributed by atoms with Gasteiger partial charge in [-0.2, -0.15) is 0 Å². The second-order valence-corrected chi connectivity index (χ2v) is 8.13. The summed E-state index contributed by atoms with van der Waals surface area (Å²) in [7, 11) is 0. The molecule has 6 nitrogen and oxygen atoms in total. The van der Waals surface area contributed by atoms with Crippen LogP contribution in [0.25, 0.3) is 0 Å². The van der Waals surface area contributed by atoms with Gasteiger partial charge in [-0.1, -0.05) is 47.7 Å². The molecule has 30 heavy (non-hydrogen) atoms. The maximum atomic E-state index is 13.1. The van der Waals surface area contributed by atoms with Crippen LogP contribution in [0.4, 0.5) is 11.4 Å². The summed E-state index contributed by atoms with van der Waals surface area (Å²) >= 11 is 1.31. The Morgan fingerprint density at radius 1 is 1.10 bits per heavy atom. The van der Waals surface area contributed by atoms with Crippen LogP contribution in [-0.2, 0) is 16.1 Å². The van der Waals surface area contributed by atoms with Gasteiger partial charge in [0.1, 0.15) is 11.0 Å². The lowest BCUT2D eigenvalue weighted by Gasteiger charge is -2.15. The molecule has 3 aromatic rings. The highest BCUT2D eigenvalue weighted by molar-refractivity contribution is 8.15. The molecule has 1 aromatic heterocycles. The molecule has 4 rings (SSSR count). The fraction of sp³-hybridized carbons (Fsp3) is 0.174. The van der Waals surface area contributed by atoms with E-state index in [-0.39, 0.29) is 24.8 Å². The lowest BCUT2D eigenvalue weighted by molar-refractivity contribution is -0.128. The molecule has 0 aliphatic carbocycles. The first-order chi connectivity index (χ1) is 14.6. The first-order valence-corrected chi connectivity index (χ1v) is 10.5. The van der Waals surface area contributed by atoms with E-state index < -0.39 is 5.25 Å². The Morgan fingerprint density at radius 2 is 1.87 bits per heavy atom. The van der Waals surface area contributed by atoms with Crippen molar-refractivity contribution < 1.29 is 14.0 Å². The summed E-state index contributed by atoms with van der Waals surface area (Å²) in [5.41, 5.74) is 2.58. The van der Waals surface area contributed by atoms with E-state index in [0.717, 1.165) is 11.3 Å². The highest BCUT2D eigenvalue weighted by Gasteiger charge is 2.39. The summed E-state index contributed by atoms with van der Waals surface area (Å²) in [5, 5.41) is 2.89. The van der Waals surface area contributed by atoms with Crippen molar-refractivity contribution in [2.24, 2.45) is 4.99 Å². The monoisotopic (exact) mass is 419 g/mol. The molecule has 1 saturated heterocycles. The number of aliphatic imine (C=N–C) groups is 1. The normalized spacial score (nSPS) is 17.5. The van der Waals surface area contributed by atoms with Gasteiger partial charge in [0.2, 0.25) is 11.8 Å². The Morgan fingerprint density at radius 3 is 2.57 bits per heavy atom. The van der Waals surface area contributed by atoms with Crippen LogP contribution in [0.2, 0.25) is 0 Å². The lowest BCUT2D eigenvalue weighted by atomic mass is 10.2. The van der Waals surface area contributed by atoms with Gasteiger partial charge < -0.3 is 9.73 Å². The van der Waals surface area contributed by atoms with Gasteiger partial charge >= 0.3 is 0 Å². The zero-order valence-corrected chi connectivity index (χ0v) is 17.3. The van der Waals surface area contributed by atoms with Crippen LogP contribution in [0, 0.1) is 6.92 Å². The second-order valence-electron chi connectivity index (χ2n) is 6.96. The van der Waals surface area contributed by atoms with Crippen molar-refractivity contribution >= 4 is 40.1 Å². The van der Waals surface area contributed by atoms with Crippen LogP contribution in [0.3, 0.4) is 0 Å². The number of para-hydroxylation sites is 1. The quantitative estimate of drug-likeness (QED) is 0.626. The first kappa shape index (κ1) is 20.0. The zero-order valence-electron chi connectivity index (χ0n) is 16.4. The van der Waals surface area contributed by atoms with Gasteiger partial charge in [-0.05, 0) is 43.3 Å². The summed E-state index contributed by atoms with van der Waals surface area (Å²) in [6, 6.07) is 20.6. The standard InChI is InChI=1S/C23H21N3O3S/c1-16-9-11-18(12-10-16)24-21(27)14-20-22(28)26(15-19-8-5-13-29-19)23(30-20)25-17-6-3-2-4-7-17/h2-13,20H,14-15H2,1H3,(H,24,27). The minimum absolute atomic E-state index is 0.0693. The van der Waals surface area contributed by atoms with E-state index in [1.54, 1.807) is 17.2 Å². The molecule has 1 atom stereocenters. The van der Waals surface area contributed by atoms with Crippen LogP contribution in [0.1, 0.15) is 17.7 Å². The molecule has 2 aromatic carbocycles. The third kappa shape index (κ3) is 4.80. The van der Waals surface area contributed by atoms with E-state index >= 15 is 0 Å². The number of hydrogen-bond donors (Lipinski definition) is 1. The number of amidine groups is 1. The van der Waals surface area contributed by atoms with Crippen molar-refractivity contribution in [1.29, 1.82) is 0 Å². The number of hydrogen-bond acceptors (Lipinski definition) is 5. The molecule has 1 aliphatic rings. The van der Waals surface area contributed by atoms with E-state index in [4.69, 9.17) is 4.42 Å². The van der Waals surface area contributed by atoms with E-state index in [1.165, 1.54) is 11.8 Å².